The SMILES string of the molecule is CCc1cnc(CN(C)c2ccc([N+](=O)[O-])c(S(C)(=O)=O)c2)s1. The number of sulfone groups is 1. The molecule has 0 aliphatic carbocycles. The molecule has 9 heteroatoms. The van der Waals surface area contributed by atoms with Crippen molar-refractivity contribution >= 4 is 32.5 Å². The lowest BCUT2D eigenvalue weighted by Gasteiger charge is -2.18. The Labute approximate surface area is 138 Å². The number of nitro benzene ring substituents is 1. The number of aryl methyl sites for hydroxylation is 1. The Morgan fingerprint density at radius 3 is 2.61 bits per heavy atom. The maximum atomic E-state index is 11.8. The van der Waals surface area contributed by atoms with Crippen molar-refractivity contribution in [1.29, 1.82) is 0 Å². The highest BCUT2D eigenvalue weighted by Gasteiger charge is 2.23. The highest BCUT2D eigenvalue weighted by Crippen LogP contribution is 2.29. The summed E-state index contributed by atoms with van der Waals surface area (Å²) in [4.78, 5) is 17.3. The van der Waals surface area contributed by atoms with E-state index in [1.54, 1.807) is 24.5 Å². The van der Waals surface area contributed by atoms with E-state index in [0.29, 0.717) is 12.2 Å². The van der Waals surface area contributed by atoms with Crippen LogP contribution >= 0.6 is 11.3 Å². The number of hydrogen-bond donors (Lipinski definition) is 0. The molecule has 0 saturated carbocycles. The van der Waals surface area contributed by atoms with E-state index < -0.39 is 20.4 Å². The molecule has 2 rings (SSSR count). The summed E-state index contributed by atoms with van der Waals surface area (Å²) in [6, 6.07) is 4.10. The molecule has 0 amide bonds. The van der Waals surface area contributed by atoms with Crippen LogP contribution in [0.4, 0.5) is 11.4 Å². The average molecular weight is 355 g/mol. The first-order valence-electron chi connectivity index (χ1n) is 6.85. The maximum Gasteiger partial charge on any atom is 0.288 e. The zero-order valence-corrected chi connectivity index (χ0v) is 14.6. The molecule has 0 spiro atoms. The smallest absolute Gasteiger partial charge is 0.288 e. The number of hydrogen-bond acceptors (Lipinski definition) is 7. The van der Waals surface area contributed by atoms with Crippen molar-refractivity contribution in [2.45, 2.75) is 24.8 Å². The van der Waals surface area contributed by atoms with Crippen LogP contribution in [0.5, 0.6) is 0 Å². The third kappa shape index (κ3) is 4.05. The minimum Gasteiger partial charge on any atom is -0.368 e. The fourth-order valence-corrected chi connectivity index (χ4v) is 3.84. The second kappa shape index (κ2) is 6.63. The van der Waals surface area contributed by atoms with Gasteiger partial charge in [0.05, 0.1) is 11.5 Å². The van der Waals surface area contributed by atoms with Crippen LogP contribution in [0.15, 0.2) is 29.3 Å². The van der Waals surface area contributed by atoms with E-state index in [9.17, 15) is 18.5 Å². The van der Waals surface area contributed by atoms with Crippen LogP contribution in [0.3, 0.4) is 0 Å². The molecule has 2 aromatic rings. The molecule has 0 saturated heterocycles. The van der Waals surface area contributed by atoms with Gasteiger partial charge in [-0.15, -0.1) is 11.3 Å². The molecule has 1 heterocycles. The maximum absolute atomic E-state index is 11.8. The van der Waals surface area contributed by atoms with Gasteiger partial charge in [0.2, 0.25) is 0 Å². The number of rotatable bonds is 6. The summed E-state index contributed by atoms with van der Waals surface area (Å²) >= 11 is 1.59. The van der Waals surface area contributed by atoms with Crippen LogP contribution in [-0.2, 0) is 22.8 Å². The first kappa shape index (κ1) is 17.4. The summed E-state index contributed by atoms with van der Waals surface area (Å²) in [7, 11) is -1.90. The Kier molecular flexibility index (Phi) is 5.00. The van der Waals surface area contributed by atoms with Crippen LogP contribution in [0.1, 0.15) is 16.8 Å². The number of thiazole rings is 1. The van der Waals surface area contributed by atoms with Gasteiger partial charge in [-0.05, 0) is 18.6 Å². The average Bonchev–Trinajstić information content (AvgIpc) is 2.93. The lowest BCUT2D eigenvalue weighted by atomic mass is 10.2. The Morgan fingerprint density at radius 1 is 1.39 bits per heavy atom. The number of nitro groups is 1. The summed E-state index contributed by atoms with van der Waals surface area (Å²) in [6.07, 6.45) is 3.70. The van der Waals surface area contributed by atoms with Crippen LogP contribution in [0, 0.1) is 10.1 Å². The molecule has 0 aliphatic heterocycles. The van der Waals surface area contributed by atoms with Gasteiger partial charge in [0.15, 0.2) is 9.84 Å². The summed E-state index contributed by atoms with van der Waals surface area (Å²) in [5, 5.41) is 11.9. The summed E-state index contributed by atoms with van der Waals surface area (Å²) in [5.41, 5.74) is 0.177. The van der Waals surface area contributed by atoms with Gasteiger partial charge in [-0.25, -0.2) is 13.4 Å². The van der Waals surface area contributed by atoms with Crippen molar-refractivity contribution in [2.75, 3.05) is 18.2 Å². The molecule has 1 aromatic heterocycles. The first-order chi connectivity index (χ1) is 10.7. The van der Waals surface area contributed by atoms with Gasteiger partial charge >= 0.3 is 0 Å². The van der Waals surface area contributed by atoms with Gasteiger partial charge < -0.3 is 4.90 Å². The topological polar surface area (TPSA) is 93.4 Å². The van der Waals surface area contributed by atoms with E-state index in [0.717, 1.165) is 17.7 Å². The molecule has 124 valence electrons. The van der Waals surface area contributed by atoms with Crippen LogP contribution in [0.2, 0.25) is 0 Å². The molecule has 0 N–H and O–H groups in total. The Hall–Kier alpha value is -2.00. The summed E-state index contributed by atoms with van der Waals surface area (Å²) in [5.74, 6) is 0. The monoisotopic (exact) mass is 355 g/mol. The predicted molar refractivity (Wildman–Crippen MR) is 89.8 cm³/mol. The normalized spacial score (nSPS) is 11.4. The highest BCUT2D eigenvalue weighted by molar-refractivity contribution is 7.90. The molecule has 0 aliphatic rings. The Balaban J connectivity index is 2.34. The zero-order chi connectivity index (χ0) is 17.2. The number of benzene rings is 1. The molecular formula is C14H17N3O4S2. The van der Waals surface area contributed by atoms with E-state index in [1.807, 2.05) is 11.1 Å². The van der Waals surface area contributed by atoms with Crippen molar-refractivity contribution in [3.05, 3.63) is 44.4 Å². The lowest BCUT2D eigenvalue weighted by Crippen LogP contribution is -2.17. The van der Waals surface area contributed by atoms with E-state index >= 15 is 0 Å². The van der Waals surface area contributed by atoms with Crippen LogP contribution in [-0.4, -0.2) is 31.6 Å². The van der Waals surface area contributed by atoms with Crippen LogP contribution in [0.25, 0.3) is 0 Å². The molecule has 23 heavy (non-hydrogen) atoms. The quantitative estimate of drug-likeness (QED) is 0.584. The molecule has 0 atom stereocenters. The van der Waals surface area contributed by atoms with Gasteiger partial charge in [-0.1, -0.05) is 6.92 Å². The van der Waals surface area contributed by atoms with E-state index in [4.69, 9.17) is 0 Å². The van der Waals surface area contributed by atoms with Gasteiger partial charge in [0, 0.05) is 36.1 Å². The second-order valence-electron chi connectivity index (χ2n) is 5.11. The van der Waals surface area contributed by atoms with Crippen molar-refractivity contribution < 1.29 is 13.3 Å². The fraction of sp³-hybridized carbons (Fsp3) is 0.357. The molecule has 0 fully saturated rings. The third-order valence-corrected chi connectivity index (χ3v) is 5.56. The zero-order valence-electron chi connectivity index (χ0n) is 13.0. The number of aromatic nitrogens is 1. The van der Waals surface area contributed by atoms with Crippen molar-refractivity contribution in [2.24, 2.45) is 0 Å². The summed E-state index contributed by atoms with van der Waals surface area (Å²) < 4.78 is 23.6. The molecular weight excluding hydrogens is 338 g/mol. The Morgan fingerprint density at radius 2 is 2.09 bits per heavy atom. The minimum absolute atomic E-state index is 0.278. The van der Waals surface area contributed by atoms with Crippen molar-refractivity contribution in [3.63, 3.8) is 0 Å². The van der Waals surface area contributed by atoms with Gasteiger partial charge in [0.25, 0.3) is 5.69 Å². The standard InChI is InChI=1S/C14H17N3O4S2/c1-4-11-8-15-14(22-11)9-16(2)10-5-6-12(17(18)19)13(7-10)23(3,20)21/h5-8H,4,9H2,1-3H3. The molecule has 7 nitrogen and oxygen atoms in total. The van der Waals surface area contributed by atoms with E-state index in [2.05, 4.69) is 11.9 Å². The second-order valence-corrected chi connectivity index (χ2v) is 8.30. The molecule has 1 aromatic carbocycles. The molecule has 0 bridgehead atoms. The largest absolute Gasteiger partial charge is 0.368 e. The fourth-order valence-electron chi connectivity index (χ4n) is 2.07. The first-order valence-corrected chi connectivity index (χ1v) is 9.56. The van der Waals surface area contributed by atoms with Gasteiger partial charge in [0.1, 0.15) is 9.90 Å². The van der Waals surface area contributed by atoms with E-state index in [-0.39, 0.29) is 4.90 Å². The van der Waals surface area contributed by atoms with E-state index in [1.165, 1.54) is 17.0 Å². The van der Waals surface area contributed by atoms with Crippen molar-refractivity contribution in [3.8, 4) is 0 Å². The van der Waals surface area contributed by atoms with Crippen LogP contribution < -0.4 is 4.90 Å². The third-order valence-electron chi connectivity index (χ3n) is 3.30. The highest BCUT2D eigenvalue weighted by atomic mass is 32.2. The predicted octanol–water partition coefficient (Wildman–Crippen LogP) is 2.65. The Bertz CT molecular complexity index is 830. The number of anilines is 1. The lowest BCUT2D eigenvalue weighted by molar-refractivity contribution is -0.387. The number of nitrogens with zero attached hydrogens (tertiary/aromatic N) is 3. The molecule has 0 unspecified atom stereocenters. The summed E-state index contributed by atoms with van der Waals surface area (Å²) in [6.45, 7) is 2.56. The van der Waals surface area contributed by atoms with Crippen molar-refractivity contribution in [1.82, 2.24) is 4.98 Å². The van der Waals surface area contributed by atoms with Gasteiger partial charge in [-0.2, -0.15) is 0 Å². The molecule has 0 radical (unpaired) electrons. The minimum atomic E-state index is -3.69. The van der Waals surface area contributed by atoms with Gasteiger partial charge in [-0.3, -0.25) is 10.1 Å².